The van der Waals surface area contributed by atoms with Crippen LogP contribution < -0.4 is 10.0 Å². The van der Waals surface area contributed by atoms with E-state index in [4.69, 9.17) is 0 Å². The highest BCUT2D eigenvalue weighted by molar-refractivity contribution is 7.92. The van der Waals surface area contributed by atoms with E-state index < -0.39 is 15.8 Å². The summed E-state index contributed by atoms with van der Waals surface area (Å²) in [5.74, 6) is 0.0668. The van der Waals surface area contributed by atoms with E-state index in [0.29, 0.717) is 11.4 Å². The van der Waals surface area contributed by atoms with Gasteiger partial charge in [0, 0.05) is 5.69 Å². The summed E-state index contributed by atoms with van der Waals surface area (Å²) in [5, 5.41) is 11.0. The molecule has 1 aromatic heterocycles. The molecule has 0 saturated heterocycles. The summed E-state index contributed by atoms with van der Waals surface area (Å²) in [6, 6.07) is 14.3. The standard InChI is InChI=1S/C18H17FN4O2S/c1-12-5-3-4-6-15(12)20-17-9-10-18(22-21-17)23-26(24,25)16-8-7-14(19)11-13(16)2/h3-11H,1-2H3,(H,20,21)(H,22,23). The summed E-state index contributed by atoms with van der Waals surface area (Å²) in [6.07, 6.45) is 0. The first-order valence-corrected chi connectivity index (χ1v) is 9.29. The average Bonchev–Trinajstić information content (AvgIpc) is 2.58. The molecule has 0 aliphatic carbocycles. The van der Waals surface area contributed by atoms with Crippen LogP contribution >= 0.6 is 0 Å². The number of nitrogens with zero attached hydrogens (tertiary/aromatic N) is 2. The fourth-order valence-corrected chi connectivity index (χ4v) is 3.64. The second-order valence-corrected chi connectivity index (χ2v) is 7.41. The van der Waals surface area contributed by atoms with E-state index >= 15 is 0 Å². The maximum absolute atomic E-state index is 13.2. The monoisotopic (exact) mass is 372 g/mol. The molecule has 0 bridgehead atoms. The van der Waals surface area contributed by atoms with Crippen molar-refractivity contribution in [3.8, 4) is 0 Å². The zero-order valence-corrected chi connectivity index (χ0v) is 15.0. The van der Waals surface area contributed by atoms with Gasteiger partial charge >= 0.3 is 0 Å². The fourth-order valence-electron chi connectivity index (χ4n) is 2.41. The lowest BCUT2D eigenvalue weighted by atomic mass is 10.2. The number of rotatable bonds is 5. The molecule has 0 amide bonds. The Kier molecular flexibility index (Phi) is 4.85. The largest absolute Gasteiger partial charge is 0.339 e. The van der Waals surface area contributed by atoms with E-state index in [0.717, 1.165) is 23.4 Å². The summed E-state index contributed by atoms with van der Waals surface area (Å²) >= 11 is 0. The van der Waals surface area contributed by atoms with Crippen LogP contribution in [0.1, 0.15) is 11.1 Å². The van der Waals surface area contributed by atoms with Gasteiger partial charge in [0.1, 0.15) is 5.82 Å². The van der Waals surface area contributed by atoms with Crippen molar-refractivity contribution < 1.29 is 12.8 Å². The molecule has 0 spiro atoms. The third-order valence-corrected chi connectivity index (χ3v) is 5.25. The van der Waals surface area contributed by atoms with Gasteiger partial charge in [-0.25, -0.2) is 12.8 Å². The molecule has 0 unspecified atom stereocenters. The van der Waals surface area contributed by atoms with E-state index in [9.17, 15) is 12.8 Å². The van der Waals surface area contributed by atoms with Gasteiger partial charge in [0.2, 0.25) is 0 Å². The summed E-state index contributed by atoms with van der Waals surface area (Å²) < 4.78 is 40.4. The molecule has 0 radical (unpaired) electrons. The molecule has 2 aromatic carbocycles. The van der Waals surface area contributed by atoms with E-state index in [1.54, 1.807) is 6.07 Å². The van der Waals surface area contributed by atoms with E-state index in [1.807, 2.05) is 31.2 Å². The van der Waals surface area contributed by atoms with Gasteiger partial charge in [0.15, 0.2) is 11.6 Å². The van der Waals surface area contributed by atoms with Crippen LogP contribution in [0.3, 0.4) is 0 Å². The Hall–Kier alpha value is -3.00. The third-order valence-electron chi connectivity index (χ3n) is 3.74. The lowest BCUT2D eigenvalue weighted by Gasteiger charge is -2.11. The normalized spacial score (nSPS) is 11.2. The van der Waals surface area contributed by atoms with Crippen LogP contribution in [-0.2, 0) is 10.0 Å². The van der Waals surface area contributed by atoms with Crippen molar-refractivity contribution in [3.05, 3.63) is 71.5 Å². The smallest absolute Gasteiger partial charge is 0.263 e. The molecule has 0 fully saturated rings. The van der Waals surface area contributed by atoms with Gasteiger partial charge in [-0.2, -0.15) is 0 Å². The number of benzene rings is 2. The molecule has 26 heavy (non-hydrogen) atoms. The summed E-state index contributed by atoms with van der Waals surface area (Å²) in [5.41, 5.74) is 2.24. The van der Waals surface area contributed by atoms with Crippen LogP contribution in [0.2, 0.25) is 0 Å². The fraction of sp³-hybridized carbons (Fsp3) is 0.111. The number of aromatic nitrogens is 2. The van der Waals surface area contributed by atoms with Crippen LogP contribution in [0.5, 0.6) is 0 Å². The van der Waals surface area contributed by atoms with Crippen molar-refractivity contribution in [2.75, 3.05) is 10.0 Å². The van der Waals surface area contributed by atoms with Crippen molar-refractivity contribution in [1.29, 1.82) is 0 Å². The van der Waals surface area contributed by atoms with Crippen LogP contribution in [0, 0.1) is 19.7 Å². The molecule has 6 nitrogen and oxygen atoms in total. The van der Waals surface area contributed by atoms with Crippen LogP contribution in [0.25, 0.3) is 0 Å². The minimum Gasteiger partial charge on any atom is -0.339 e. The van der Waals surface area contributed by atoms with Crippen LogP contribution in [0.4, 0.5) is 21.7 Å². The van der Waals surface area contributed by atoms with Crippen molar-refractivity contribution in [1.82, 2.24) is 10.2 Å². The predicted octanol–water partition coefficient (Wildman–Crippen LogP) is 3.78. The maximum atomic E-state index is 13.2. The van der Waals surface area contributed by atoms with Gasteiger partial charge in [0.05, 0.1) is 4.90 Å². The molecule has 0 saturated carbocycles. The Morgan fingerprint density at radius 3 is 2.23 bits per heavy atom. The molecule has 134 valence electrons. The van der Waals surface area contributed by atoms with E-state index in [1.165, 1.54) is 19.1 Å². The number of nitrogens with one attached hydrogen (secondary N) is 2. The number of aryl methyl sites for hydroxylation is 2. The summed E-state index contributed by atoms with van der Waals surface area (Å²) in [7, 11) is -3.88. The Balaban J connectivity index is 1.77. The van der Waals surface area contributed by atoms with Gasteiger partial charge in [-0.05, 0) is 61.4 Å². The third kappa shape index (κ3) is 3.97. The highest BCUT2D eigenvalue weighted by Gasteiger charge is 2.18. The topological polar surface area (TPSA) is 84.0 Å². The van der Waals surface area contributed by atoms with Crippen molar-refractivity contribution in [2.24, 2.45) is 0 Å². The summed E-state index contributed by atoms with van der Waals surface area (Å²) in [4.78, 5) is -0.0113. The summed E-state index contributed by atoms with van der Waals surface area (Å²) in [6.45, 7) is 3.49. The van der Waals surface area contributed by atoms with Gasteiger partial charge in [-0.15, -0.1) is 10.2 Å². The molecular formula is C18H17FN4O2S. The molecule has 2 N–H and O–H groups in total. The number of hydrogen-bond donors (Lipinski definition) is 2. The Labute approximate surface area is 151 Å². The first-order chi connectivity index (χ1) is 12.3. The van der Waals surface area contributed by atoms with E-state index in [-0.39, 0.29) is 10.7 Å². The van der Waals surface area contributed by atoms with Crippen molar-refractivity contribution in [3.63, 3.8) is 0 Å². The number of halogens is 1. The minimum atomic E-state index is -3.88. The lowest BCUT2D eigenvalue weighted by Crippen LogP contribution is -2.15. The molecule has 3 rings (SSSR count). The zero-order valence-electron chi connectivity index (χ0n) is 14.2. The zero-order chi connectivity index (χ0) is 18.7. The average molecular weight is 372 g/mol. The molecule has 0 aliphatic heterocycles. The highest BCUT2D eigenvalue weighted by atomic mass is 32.2. The molecule has 0 atom stereocenters. The van der Waals surface area contributed by atoms with E-state index in [2.05, 4.69) is 20.2 Å². The predicted molar refractivity (Wildman–Crippen MR) is 98.4 cm³/mol. The van der Waals surface area contributed by atoms with Crippen LogP contribution in [-0.4, -0.2) is 18.6 Å². The maximum Gasteiger partial charge on any atom is 0.263 e. The second-order valence-electron chi connectivity index (χ2n) is 5.76. The molecule has 1 heterocycles. The van der Waals surface area contributed by atoms with Gasteiger partial charge in [0.25, 0.3) is 10.0 Å². The highest BCUT2D eigenvalue weighted by Crippen LogP contribution is 2.21. The quantitative estimate of drug-likeness (QED) is 0.712. The first-order valence-electron chi connectivity index (χ1n) is 7.80. The van der Waals surface area contributed by atoms with Crippen molar-refractivity contribution in [2.45, 2.75) is 18.7 Å². The number of anilines is 3. The van der Waals surface area contributed by atoms with Crippen molar-refractivity contribution >= 4 is 27.3 Å². The van der Waals surface area contributed by atoms with Gasteiger partial charge < -0.3 is 5.32 Å². The Morgan fingerprint density at radius 2 is 1.58 bits per heavy atom. The molecule has 3 aromatic rings. The number of para-hydroxylation sites is 1. The lowest BCUT2D eigenvalue weighted by molar-refractivity contribution is 0.598. The SMILES string of the molecule is Cc1ccccc1Nc1ccc(NS(=O)(=O)c2ccc(F)cc2C)nn1. The Bertz CT molecular complexity index is 1040. The number of hydrogen-bond acceptors (Lipinski definition) is 5. The first kappa shape index (κ1) is 17.8. The Morgan fingerprint density at radius 1 is 0.885 bits per heavy atom. The number of sulfonamides is 1. The minimum absolute atomic E-state index is 0.0113. The van der Waals surface area contributed by atoms with Gasteiger partial charge in [-0.3, -0.25) is 4.72 Å². The van der Waals surface area contributed by atoms with Crippen LogP contribution in [0.15, 0.2) is 59.5 Å². The molecular weight excluding hydrogens is 355 g/mol. The van der Waals surface area contributed by atoms with Gasteiger partial charge in [-0.1, -0.05) is 18.2 Å². The molecule has 0 aliphatic rings. The molecule has 8 heteroatoms. The second kappa shape index (κ2) is 7.09.